The summed E-state index contributed by atoms with van der Waals surface area (Å²) in [5, 5.41) is 12.1. The van der Waals surface area contributed by atoms with Crippen LogP contribution in [0.4, 0.5) is 5.82 Å². The van der Waals surface area contributed by atoms with Gasteiger partial charge in [0, 0.05) is 12.7 Å². The molecule has 0 aromatic carbocycles. The largest absolute Gasteiger partial charge is 0.372 e. The lowest BCUT2D eigenvalue weighted by Gasteiger charge is -2.27. The molecule has 1 aromatic rings. The van der Waals surface area contributed by atoms with E-state index in [9.17, 15) is 0 Å². The van der Waals surface area contributed by atoms with Gasteiger partial charge in [0.1, 0.15) is 11.9 Å². The highest BCUT2D eigenvalue weighted by Gasteiger charge is 2.24. The molecule has 1 aromatic heterocycles. The van der Waals surface area contributed by atoms with Crippen molar-refractivity contribution in [3.8, 4) is 6.07 Å². The Labute approximate surface area is 96.5 Å². The molecular weight excluding hydrogens is 198 g/mol. The molecule has 0 saturated heterocycles. The van der Waals surface area contributed by atoms with Crippen LogP contribution in [-0.2, 0) is 6.42 Å². The number of nitriles is 1. The lowest BCUT2D eigenvalue weighted by molar-refractivity contribution is 0.442. The van der Waals surface area contributed by atoms with E-state index in [0.29, 0.717) is 23.2 Å². The zero-order chi connectivity index (χ0) is 11.7. The molecule has 2 unspecified atom stereocenters. The van der Waals surface area contributed by atoms with Gasteiger partial charge in [0.15, 0.2) is 0 Å². The number of rotatable bonds is 1. The lowest BCUT2D eigenvalue weighted by Crippen LogP contribution is -2.17. The van der Waals surface area contributed by atoms with E-state index < -0.39 is 0 Å². The van der Waals surface area contributed by atoms with Crippen LogP contribution in [-0.4, -0.2) is 12.0 Å². The normalized spacial score (nSPS) is 23.4. The van der Waals surface area contributed by atoms with Gasteiger partial charge in [-0.05, 0) is 36.3 Å². The minimum atomic E-state index is 0.518. The van der Waals surface area contributed by atoms with Crippen molar-refractivity contribution in [1.82, 2.24) is 4.98 Å². The molecule has 1 aliphatic carbocycles. The van der Waals surface area contributed by atoms with Crippen LogP contribution in [0.2, 0.25) is 0 Å². The number of aromatic nitrogens is 1. The third-order valence-electron chi connectivity index (χ3n) is 3.32. The van der Waals surface area contributed by atoms with Crippen molar-refractivity contribution in [2.24, 2.45) is 5.92 Å². The Morgan fingerprint density at radius 1 is 1.50 bits per heavy atom. The first-order chi connectivity index (χ1) is 7.65. The van der Waals surface area contributed by atoms with Gasteiger partial charge in [-0.2, -0.15) is 5.26 Å². The van der Waals surface area contributed by atoms with Gasteiger partial charge in [0.25, 0.3) is 0 Å². The molecule has 0 amide bonds. The monoisotopic (exact) mass is 215 g/mol. The van der Waals surface area contributed by atoms with Gasteiger partial charge in [0.05, 0.1) is 5.56 Å². The van der Waals surface area contributed by atoms with Gasteiger partial charge in [-0.3, -0.25) is 0 Å². The Morgan fingerprint density at radius 2 is 2.25 bits per heavy atom. The molecule has 0 fully saturated rings. The predicted molar refractivity (Wildman–Crippen MR) is 64.4 cm³/mol. The number of hydrogen-bond donors (Lipinski definition) is 1. The maximum Gasteiger partial charge on any atom is 0.143 e. The van der Waals surface area contributed by atoms with Gasteiger partial charge in [-0.1, -0.05) is 13.8 Å². The van der Waals surface area contributed by atoms with Crippen molar-refractivity contribution in [3.05, 3.63) is 22.9 Å². The van der Waals surface area contributed by atoms with Crippen LogP contribution in [0.1, 0.15) is 43.0 Å². The Kier molecular flexibility index (Phi) is 2.82. The second-order valence-electron chi connectivity index (χ2n) is 4.73. The molecule has 1 heterocycles. The van der Waals surface area contributed by atoms with Gasteiger partial charge in [0.2, 0.25) is 0 Å². The summed E-state index contributed by atoms with van der Waals surface area (Å²) in [6, 6.07) is 4.21. The van der Waals surface area contributed by atoms with Crippen molar-refractivity contribution in [2.75, 3.05) is 12.4 Å². The van der Waals surface area contributed by atoms with Gasteiger partial charge >= 0.3 is 0 Å². The minimum absolute atomic E-state index is 0.518. The summed E-state index contributed by atoms with van der Waals surface area (Å²) >= 11 is 0. The summed E-state index contributed by atoms with van der Waals surface area (Å²) < 4.78 is 0. The highest BCUT2D eigenvalue weighted by Crippen LogP contribution is 2.35. The summed E-state index contributed by atoms with van der Waals surface area (Å²) in [5.41, 5.74) is 3.07. The van der Waals surface area contributed by atoms with E-state index in [0.717, 1.165) is 12.1 Å². The zero-order valence-electron chi connectivity index (χ0n) is 10.0. The van der Waals surface area contributed by atoms with Crippen LogP contribution in [0.15, 0.2) is 6.07 Å². The first kappa shape index (κ1) is 10.9. The summed E-state index contributed by atoms with van der Waals surface area (Å²) in [6.45, 7) is 4.48. The quantitative estimate of drug-likeness (QED) is 0.783. The molecule has 1 aliphatic rings. The average molecular weight is 215 g/mol. The summed E-state index contributed by atoms with van der Waals surface area (Å²) in [5.74, 6) is 1.92. The maximum atomic E-state index is 9.06. The van der Waals surface area contributed by atoms with E-state index in [2.05, 4.69) is 30.2 Å². The van der Waals surface area contributed by atoms with Crippen LogP contribution in [0.5, 0.6) is 0 Å². The highest BCUT2D eigenvalue weighted by atomic mass is 15.0. The molecule has 3 nitrogen and oxygen atoms in total. The fraction of sp³-hybridized carbons (Fsp3) is 0.538. The van der Waals surface area contributed by atoms with Crippen LogP contribution in [0, 0.1) is 17.2 Å². The molecule has 0 radical (unpaired) electrons. The topological polar surface area (TPSA) is 48.7 Å². The first-order valence-corrected chi connectivity index (χ1v) is 5.77. The smallest absolute Gasteiger partial charge is 0.143 e. The number of hydrogen-bond acceptors (Lipinski definition) is 3. The van der Waals surface area contributed by atoms with Crippen molar-refractivity contribution in [2.45, 2.75) is 32.6 Å². The molecule has 2 rings (SSSR count). The van der Waals surface area contributed by atoms with Crippen LogP contribution < -0.4 is 5.32 Å². The molecule has 0 aliphatic heterocycles. The van der Waals surface area contributed by atoms with Crippen molar-refractivity contribution in [1.29, 1.82) is 5.26 Å². The first-order valence-electron chi connectivity index (χ1n) is 5.77. The second-order valence-corrected chi connectivity index (χ2v) is 4.73. The van der Waals surface area contributed by atoms with E-state index in [-0.39, 0.29) is 0 Å². The van der Waals surface area contributed by atoms with Gasteiger partial charge in [-0.15, -0.1) is 0 Å². The minimum Gasteiger partial charge on any atom is -0.372 e. The Morgan fingerprint density at radius 3 is 2.88 bits per heavy atom. The summed E-state index contributed by atoms with van der Waals surface area (Å²) in [6.07, 6.45) is 2.22. The van der Waals surface area contributed by atoms with E-state index >= 15 is 0 Å². The summed E-state index contributed by atoms with van der Waals surface area (Å²) in [4.78, 5) is 4.57. The van der Waals surface area contributed by atoms with Crippen molar-refractivity contribution < 1.29 is 0 Å². The number of nitrogens with zero attached hydrogens (tertiary/aromatic N) is 2. The SMILES string of the molecule is CNc1nc2c(cc1C#N)C(C)CC(C)C2. The third-order valence-corrected chi connectivity index (χ3v) is 3.32. The van der Waals surface area contributed by atoms with E-state index in [1.807, 2.05) is 13.1 Å². The highest BCUT2D eigenvalue weighted by molar-refractivity contribution is 5.54. The van der Waals surface area contributed by atoms with Gasteiger partial charge in [-0.25, -0.2) is 4.98 Å². The van der Waals surface area contributed by atoms with Crippen molar-refractivity contribution >= 4 is 5.82 Å². The zero-order valence-corrected chi connectivity index (χ0v) is 10.0. The van der Waals surface area contributed by atoms with Crippen LogP contribution in [0.3, 0.4) is 0 Å². The van der Waals surface area contributed by atoms with Crippen LogP contribution in [0.25, 0.3) is 0 Å². The standard InChI is InChI=1S/C13H17N3/c1-8-4-9(2)11-6-10(7-14)13(15-3)16-12(11)5-8/h6,8-9H,4-5H2,1-3H3,(H,15,16). The third kappa shape index (κ3) is 1.76. The van der Waals surface area contributed by atoms with E-state index in [1.54, 1.807) is 0 Å². The molecule has 16 heavy (non-hydrogen) atoms. The second kappa shape index (κ2) is 4.13. The number of nitrogens with one attached hydrogen (secondary N) is 1. The maximum absolute atomic E-state index is 9.06. The Bertz CT molecular complexity index is 445. The molecule has 2 atom stereocenters. The van der Waals surface area contributed by atoms with Crippen LogP contribution >= 0.6 is 0 Å². The fourth-order valence-electron chi connectivity index (χ4n) is 2.58. The molecule has 0 saturated carbocycles. The lowest BCUT2D eigenvalue weighted by atomic mass is 9.80. The summed E-state index contributed by atoms with van der Waals surface area (Å²) in [7, 11) is 1.81. The fourth-order valence-corrected chi connectivity index (χ4v) is 2.58. The van der Waals surface area contributed by atoms with E-state index in [1.165, 1.54) is 12.0 Å². The van der Waals surface area contributed by atoms with E-state index in [4.69, 9.17) is 5.26 Å². The molecule has 0 bridgehead atoms. The predicted octanol–water partition coefficient (Wildman–Crippen LogP) is 2.68. The van der Waals surface area contributed by atoms with Gasteiger partial charge < -0.3 is 5.32 Å². The Hall–Kier alpha value is -1.56. The molecule has 84 valence electrons. The molecule has 0 spiro atoms. The molecule has 3 heteroatoms. The Balaban J connectivity index is 2.53. The van der Waals surface area contributed by atoms with Crippen molar-refractivity contribution in [3.63, 3.8) is 0 Å². The average Bonchev–Trinajstić information content (AvgIpc) is 2.27. The number of anilines is 1. The molecular formula is C13H17N3. The molecule has 1 N–H and O–H groups in total. The number of fused-ring (bicyclic) bond motifs is 1. The number of pyridine rings is 1.